The Morgan fingerprint density at radius 3 is 2.28 bits per heavy atom. The molecule has 5 heteroatoms. The van der Waals surface area contributed by atoms with Gasteiger partial charge in [-0.15, -0.1) is 0 Å². The van der Waals surface area contributed by atoms with E-state index in [2.05, 4.69) is 26.6 Å². The van der Waals surface area contributed by atoms with Crippen molar-refractivity contribution >= 4 is 23.3 Å². The molecule has 0 bridgehead atoms. The van der Waals surface area contributed by atoms with Gasteiger partial charge in [-0.3, -0.25) is 0 Å². The number of primary sulfonamides is 1. The maximum Gasteiger partial charge on any atom is 0.237 e. The van der Waals surface area contributed by atoms with Gasteiger partial charge in [0.2, 0.25) is 10.0 Å². The Bertz CT molecular complexity index is 518. The average molecular weight is 285 g/mol. The summed E-state index contributed by atoms with van der Waals surface area (Å²) in [7, 11) is -5.37. The first-order chi connectivity index (χ1) is 8.18. The Kier molecular flexibility index (Phi) is 4.75. The first-order valence-electron chi connectivity index (χ1n) is 6.33. The van der Waals surface area contributed by atoms with E-state index >= 15 is 0 Å². The monoisotopic (exact) mass is 285 g/mol. The number of hydrogen-bond donors (Lipinski definition) is 1. The molecule has 0 aliphatic heterocycles. The highest BCUT2D eigenvalue weighted by Crippen LogP contribution is 2.16. The van der Waals surface area contributed by atoms with Crippen molar-refractivity contribution in [2.45, 2.75) is 50.7 Å². The van der Waals surface area contributed by atoms with E-state index in [-0.39, 0.29) is 0 Å². The summed E-state index contributed by atoms with van der Waals surface area (Å²) >= 11 is 0. The molecule has 2 N–H and O–H groups in total. The van der Waals surface area contributed by atoms with Gasteiger partial charge in [0.05, 0.1) is 13.0 Å². The third kappa shape index (κ3) is 3.67. The molecule has 0 aliphatic carbocycles. The highest BCUT2D eigenvalue weighted by Gasteiger charge is 2.27. The number of unbranched alkanes of at least 4 members (excludes halogenated alkanes) is 1. The van der Waals surface area contributed by atoms with Gasteiger partial charge in [-0.1, -0.05) is 45.1 Å². The summed E-state index contributed by atoms with van der Waals surface area (Å²) in [5.41, 5.74) is 1.16. The maximum atomic E-state index is 11.7. The van der Waals surface area contributed by atoms with Gasteiger partial charge in [0.25, 0.3) is 0 Å². The van der Waals surface area contributed by atoms with E-state index in [1.807, 2.05) is 6.07 Å². The van der Waals surface area contributed by atoms with Gasteiger partial charge in [-0.25, -0.2) is 13.6 Å². The van der Waals surface area contributed by atoms with E-state index in [4.69, 9.17) is 5.14 Å². The average Bonchev–Trinajstić information content (AvgIpc) is 2.23. The number of benzene rings is 1. The van der Waals surface area contributed by atoms with E-state index < -0.39 is 18.1 Å². The highest BCUT2D eigenvalue weighted by atomic mass is 32.2. The molecule has 18 heavy (non-hydrogen) atoms. The van der Waals surface area contributed by atoms with Crippen LogP contribution < -0.4 is 10.3 Å². The Labute approximate surface area is 111 Å². The predicted molar refractivity (Wildman–Crippen MR) is 79.4 cm³/mol. The molecule has 0 atom stereocenters. The van der Waals surface area contributed by atoms with Crippen LogP contribution in [0.5, 0.6) is 0 Å². The smallest absolute Gasteiger partial charge is 0.225 e. The first-order valence-corrected chi connectivity index (χ1v) is 11.4. The van der Waals surface area contributed by atoms with Crippen LogP contribution in [0.15, 0.2) is 23.1 Å². The highest BCUT2D eigenvalue weighted by molar-refractivity contribution is 7.89. The van der Waals surface area contributed by atoms with Crippen LogP contribution in [-0.4, -0.2) is 16.5 Å². The van der Waals surface area contributed by atoms with Gasteiger partial charge in [0, 0.05) is 0 Å². The van der Waals surface area contributed by atoms with Crippen molar-refractivity contribution in [1.29, 1.82) is 0 Å². The predicted octanol–water partition coefficient (Wildman–Crippen LogP) is 2.22. The summed E-state index contributed by atoms with van der Waals surface area (Å²) in [5.74, 6) is 0. The van der Waals surface area contributed by atoms with Crippen LogP contribution >= 0.6 is 0 Å². The number of hydrogen-bond acceptors (Lipinski definition) is 2. The standard InChI is InChI=1S/C13H23NO2SSi/c1-5-6-8-11-9-7-10-12(17(14,15)16)13(11)18(2,3)4/h7,9-10H,5-6,8H2,1-4H3,(H2,14,15,16). The summed E-state index contributed by atoms with van der Waals surface area (Å²) in [4.78, 5) is 0.329. The lowest BCUT2D eigenvalue weighted by molar-refractivity contribution is 0.598. The molecule has 0 spiro atoms. The lowest BCUT2D eigenvalue weighted by atomic mass is 10.1. The van der Waals surface area contributed by atoms with Gasteiger partial charge in [-0.2, -0.15) is 0 Å². The molecule has 0 aromatic heterocycles. The number of aryl methyl sites for hydroxylation is 1. The van der Waals surface area contributed by atoms with Crippen LogP contribution in [0, 0.1) is 0 Å². The number of nitrogens with two attached hydrogens (primary N) is 1. The van der Waals surface area contributed by atoms with Gasteiger partial charge >= 0.3 is 0 Å². The molecule has 1 aromatic carbocycles. The van der Waals surface area contributed by atoms with E-state index in [0.717, 1.165) is 30.0 Å². The Hall–Kier alpha value is -0.653. The molecule has 0 saturated carbocycles. The van der Waals surface area contributed by atoms with Crippen molar-refractivity contribution in [3.8, 4) is 0 Å². The van der Waals surface area contributed by atoms with Crippen LogP contribution in [0.2, 0.25) is 19.6 Å². The molecule has 0 fully saturated rings. The Balaban J connectivity index is 3.46. The van der Waals surface area contributed by atoms with Crippen molar-refractivity contribution < 1.29 is 8.42 Å². The molecule has 0 amide bonds. The molecule has 0 heterocycles. The third-order valence-corrected chi connectivity index (χ3v) is 6.19. The second-order valence-corrected chi connectivity index (χ2v) is 12.2. The van der Waals surface area contributed by atoms with Gasteiger partial charge in [0.15, 0.2) is 0 Å². The van der Waals surface area contributed by atoms with E-state index in [0.29, 0.717) is 4.90 Å². The fourth-order valence-corrected chi connectivity index (χ4v) is 6.26. The minimum absolute atomic E-state index is 0.329. The van der Waals surface area contributed by atoms with Crippen molar-refractivity contribution in [1.82, 2.24) is 0 Å². The zero-order valence-electron chi connectivity index (χ0n) is 11.7. The van der Waals surface area contributed by atoms with Crippen LogP contribution in [0.3, 0.4) is 0 Å². The summed E-state index contributed by atoms with van der Waals surface area (Å²) < 4.78 is 23.5. The Morgan fingerprint density at radius 1 is 1.22 bits per heavy atom. The summed E-state index contributed by atoms with van der Waals surface area (Å²) in [6, 6.07) is 5.48. The van der Waals surface area contributed by atoms with Crippen molar-refractivity contribution in [3.63, 3.8) is 0 Å². The SMILES string of the molecule is CCCCc1cccc(S(N)(=O)=O)c1[Si](C)(C)C. The third-order valence-electron chi connectivity index (χ3n) is 2.97. The molecular weight excluding hydrogens is 262 g/mol. The quantitative estimate of drug-likeness (QED) is 0.843. The zero-order valence-corrected chi connectivity index (χ0v) is 13.5. The molecule has 0 radical (unpaired) electrons. The molecule has 0 aliphatic rings. The topological polar surface area (TPSA) is 60.2 Å². The molecule has 3 nitrogen and oxygen atoms in total. The maximum absolute atomic E-state index is 11.7. The lowest BCUT2D eigenvalue weighted by Crippen LogP contribution is -2.44. The van der Waals surface area contributed by atoms with E-state index in [9.17, 15) is 8.42 Å². The fraction of sp³-hybridized carbons (Fsp3) is 0.538. The molecule has 102 valence electrons. The normalized spacial score (nSPS) is 12.7. The summed E-state index contributed by atoms with van der Waals surface area (Å²) in [6.07, 6.45) is 3.11. The summed E-state index contributed by atoms with van der Waals surface area (Å²) in [5, 5.41) is 6.35. The van der Waals surface area contributed by atoms with Crippen molar-refractivity contribution in [2.24, 2.45) is 5.14 Å². The van der Waals surface area contributed by atoms with Gasteiger partial charge in [0.1, 0.15) is 0 Å². The summed E-state index contributed by atoms with van der Waals surface area (Å²) in [6.45, 7) is 8.61. The zero-order chi connectivity index (χ0) is 14.0. The second kappa shape index (κ2) is 5.55. The Morgan fingerprint density at radius 2 is 1.83 bits per heavy atom. The lowest BCUT2D eigenvalue weighted by Gasteiger charge is -2.24. The number of rotatable bonds is 5. The van der Waals surface area contributed by atoms with E-state index in [1.165, 1.54) is 0 Å². The minimum Gasteiger partial charge on any atom is -0.225 e. The molecule has 0 unspecified atom stereocenters. The molecule has 0 saturated heterocycles. The van der Waals surface area contributed by atoms with E-state index in [1.54, 1.807) is 12.1 Å². The van der Waals surface area contributed by atoms with Crippen LogP contribution in [0.4, 0.5) is 0 Å². The minimum atomic E-state index is -3.63. The number of sulfonamides is 1. The van der Waals surface area contributed by atoms with Crippen LogP contribution in [-0.2, 0) is 16.4 Å². The molecule has 1 aromatic rings. The largest absolute Gasteiger partial charge is 0.237 e. The van der Waals surface area contributed by atoms with Crippen molar-refractivity contribution in [3.05, 3.63) is 23.8 Å². The molecule has 1 rings (SSSR count). The van der Waals surface area contributed by atoms with Crippen LogP contribution in [0.25, 0.3) is 0 Å². The first kappa shape index (κ1) is 15.4. The van der Waals surface area contributed by atoms with Crippen molar-refractivity contribution in [2.75, 3.05) is 0 Å². The van der Waals surface area contributed by atoms with Gasteiger partial charge in [-0.05, 0) is 29.7 Å². The molecular formula is C13H23NO2SSi. The second-order valence-electron chi connectivity index (χ2n) is 5.69. The van der Waals surface area contributed by atoms with Gasteiger partial charge < -0.3 is 0 Å². The fourth-order valence-electron chi connectivity index (χ4n) is 2.24. The van der Waals surface area contributed by atoms with Crippen LogP contribution in [0.1, 0.15) is 25.3 Å².